The van der Waals surface area contributed by atoms with E-state index in [2.05, 4.69) is 5.32 Å². The van der Waals surface area contributed by atoms with Crippen LogP contribution in [-0.2, 0) is 14.3 Å². The van der Waals surface area contributed by atoms with Gasteiger partial charge in [0.2, 0.25) is 5.91 Å². The molecule has 0 aromatic carbocycles. The van der Waals surface area contributed by atoms with E-state index in [1.54, 1.807) is 0 Å². The number of carboxylic acids is 1. The molecule has 2 N–H and O–H groups in total. The minimum Gasteiger partial charge on any atom is -0.480 e. The largest absolute Gasteiger partial charge is 0.480 e. The van der Waals surface area contributed by atoms with Crippen molar-refractivity contribution in [1.82, 2.24) is 5.32 Å². The van der Waals surface area contributed by atoms with E-state index >= 15 is 0 Å². The first-order valence-electron chi connectivity index (χ1n) is 6.59. The van der Waals surface area contributed by atoms with Gasteiger partial charge in [0, 0.05) is 13.0 Å². The maximum absolute atomic E-state index is 11.5. The Kier molecular flexibility index (Phi) is 6.12. The molecule has 1 atom stereocenters. The SMILES string of the molecule is CC(C)C[C@H](NC(=O)CCOCC1CC1)C(=O)O. The van der Waals surface area contributed by atoms with Crippen molar-refractivity contribution < 1.29 is 19.4 Å². The summed E-state index contributed by atoms with van der Waals surface area (Å²) < 4.78 is 5.34. The van der Waals surface area contributed by atoms with E-state index in [4.69, 9.17) is 9.84 Å². The van der Waals surface area contributed by atoms with Crippen molar-refractivity contribution >= 4 is 11.9 Å². The Bertz CT molecular complexity index is 287. The van der Waals surface area contributed by atoms with Crippen LogP contribution >= 0.6 is 0 Å². The summed E-state index contributed by atoms with van der Waals surface area (Å²) in [6, 6.07) is -0.791. The van der Waals surface area contributed by atoms with Gasteiger partial charge < -0.3 is 15.2 Å². The summed E-state index contributed by atoms with van der Waals surface area (Å²) >= 11 is 0. The van der Waals surface area contributed by atoms with E-state index in [1.165, 1.54) is 12.8 Å². The summed E-state index contributed by atoms with van der Waals surface area (Å²) in [5.74, 6) is -0.312. The van der Waals surface area contributed by atoms with Gasteiger partial charge in [-0.3, -0.25) is 4.79 Å². The first-order valence-corrected chi connectivity index (χ1v) is 6.59. The van der Waals surface area contributed by atoms with Gasteiger partial charge in [0.25, 0.3) is 0 Å². The van der Waals surface area contributed by atoms with Crippen molar-refractivity contribution in [3.8, 4) is 0 Å². The third-order valence-electron chi connectivity index (χ3n) is 2.86. The maximum Gasteiger partial charge on any atom is 0.326 e. The van der Waals surface area contributed by atoms with Gasteiger partial charge in [0.15, 0.2) is 0 Å². The molecule has 5 heteroatoms. The van der Waals surface area contributed by atoms with Crippen molar-refractivity contribution in [2.45, 2.75) is 45.6 Å². The van der Waals surface area contributed by atoms with Crippen LogP contribution in [0, 0.1) is 11.8 Å². The molecular weight excluding hydrogens is 234 g/mol. The molecule has 1 aliphatic carbocycles. The molecule has 18 heavy (non-hydrogen) atoms. The third-order valence-corrected chi connectivity index (χ3v) is 2.86. The first-order chi connectivity index (χ1) is 8.49. The summed E-state index contributed by atoms with van der Waals surface area (Å²) in [5.41, 5.74) is 0. The predicted octanol–water partition coefficient (Wildman–Crippen LogP) is 1.42. The van der Waals surface area contributed by atoms with Gasteiger partial charge in [0.05, 0.1) is 6.61 Å². The van der Waals surface area contributed by atoms with E-state index < -0.39 is 12.0 Å². The second kappa shape index (κ2) is 7.36. The Morgan fingerprint density at radius 1 is 1.39 bits per heavy atom. The summed E-state index contributed by atoms with van der Waals surface area (Å²) in [6.45, 7) is 4.96. The first kappa shape index (κ1) is 15.0. The lowest BCUT2D eigenvalue weighted by molar-refractivity contribution is -0.142. The number of nitrogens with one attached hydrogen (secondary N) is 1. The van der Waals surface area contributed by atoms with E-state index in [0.717, 1.165) is 6.61 Å². The summed E-state index contributed by atoms with van der Waals surface area (Å²) in [6.07, 6.45) is 3.13. The van der Waals surface area contributed by atoms with Crippen molar-refractivity contribution in [3.05, 3.63) is 0 Å². The molecule has 0 heterocycles. The fourth-order valence-electron chi connectivity index (χ4n) is 1.66. The lowest BCUT2D eigenvalue weighted by Crippen LogP contribution is -2.41. The van der Waals surface area contributed by atoms with Gasteiger partial charge in [-0.2, -0.15) is 0 Å². The monoisotopic (exact) mass is 257 g/mol. The lowest BCUT2D eigenvalue weighted by atomic mass is 10.0. The highest BCUT2D eigenvalue weighted by molar-refractivity contribution is 5.83. The molecule has 1 aliphatic rings. The minimum absolute atomic E-state index is 0.231. The number of aliphatic carboxylic acids is 1. The van der Waals surface area contributed by atoms with E-state index in [-0.39, 0.29) is 18.2 Å². The third kappa shape index (κ3) is 6.59. The van der Waals surface area contributed by atoms with Crippen LogP contribution in [-0.4, -0.2) is 36.2 Å². The smallest absolute Gasteiger partial charge is 0.326 e. The molecule has 104 valence electrons. The highest BCUT2D eigenvalue weighted by Crippen LogP contribution is 2.28. The van der Waals surface area contributed by atoms with Crippen LogP contribution in [0.5, 0.6) is 0 Å². The molecule has 0 aromatic heterocycles. The van der Waals surface area contributed by atoms with Crippen LogP contribution in [0.1, 0.15) is 39.5 Å². The van der Waals surface area contributed by atoms with Gasteiger partial charge in [0.1, 0.15) is 6.04 Å². The van der Waals surface area contributed by atoms with Gasteiger partial charge in [-0.1, -0.05) is 13.8 Å². The number of rotatable bonds is 9. The molecule has 0 bridgehead atoms. The Hall–Kier alpha value is -1.10. The minimum atomic E-state index is -0.976. The number of hydrogen-bond donors (Lipinski definition) is 2. The predicted molar refractivity (Wildman–Crippen MR) is 67.2 cm³/mol. The molecule has 1 fully saturated rings. The van der Waals surface area contributed by atoms with Crippen molar-refractivity contribution in [1.29, 1.82) is 0 Å². The summed E-state index contributed by atoms with van der Waals surface area (Å²) in [4.78, 5) is 22.5. The fourth-order valence-corrected chi connectivity index (χ4v) is 1.66. The summed E-state index contributed by atoms with van der Waals surface area (Å²) in [7, 11) is 0. The molecule has 1 saturated carbocycles. The Morgan fingerprint density at radius 3 is 2.56 bits per heavy atom. The highest BCUT2D eigenvalue weighted by Gasteiger charge is 2.22. The molecule has 0 unspecified atom stereocenters. The Morgan fingerprint density at radius 2 is 2.06 bits per heavy atom. The highest BCUT2D eigenvalue weighted by atomic mass is 16.5. The van der Waals surface area contributed by atoms with Gasteiger partial charge >= 0.3 is 5.97 Å². The number of ether oxygens (including phenoxy) is 1. The van der Waals surface area contributed by atoms with Crippen molar-refractivity contribution in [2.24, 2.45) is 11.8 Å². The van der Waals surface area contributed by atoms with Crippen molar-refractivity contribution in [3.63, 3.8) is 0 Å². The van der Waals surface area contributed by atoms with Crippen LogP contribution < -0.4 is 5.32 Å². The normalized spacial score (nSPS) is 16.6. The molecule has 0 aromatic rings. The molecule has 0 saturated heterocycles. The Balaban J connectivity index is 2.15. The molecule has 0 aliphatic heterocycles. The second-order valence-electron chi connectivity index (χ2n) is 5.36. The van der Waals surface area contributed by atoms with Gasteiger partial charge in [-0.25, -0.2) is 4.79 Å². The zero-order valence-corrected chi connectivity index (χ0v) is 11.1. The topological polar surface area (TPSA) is 75.6 Å². The number of carboxylic acid groups (broad SMARTS) is 1. The maximum atomic E-state index is 11.5. The Labute approximate surface area is 108 Å². The average molecular weight is 257 g/mol. The molecule has 0 radical (unpaired) electrons. The van der Waals surface area contributed by atoms with Crippen LogP contribution in [0.4, 0.5) is 0 Å². The number of hydrogen-bond acceptors (Lipinski definition) is 3. The fraction of sp³-hybridized carbons (Fsp3) is 0.846. The van der Waals surface area contributed by atoms with Crippen LogP contribution in [0.25, 0.3) is 0 Å². The van der Waals surface area contributed by atoms with Crippen LogP contribution in [0.15, 0.2) is 0 Å². The van der Waals surface area contributed by atoms with E-state index in [9.17, 15) is 9.59 Å². The number of amides is 1. The summed E-state index contributed by atoms with van der Waals surface area (Å²) in [5, 5.41) is 11.5. The van der Waals surface area contributed by atoms with Crippen LogP contribution in [0.2, 0.25) is 0 Å². The molecule has 1 amide bonds. The standard InChI is InChI=1S/C13H23NO4/c1-9(2)7-11(13(16)17)14-12(15)5-6-18-8-10-3-4-10/h9-11H,3-8H2,1-2H3,(H,14,15)(H,16,17)/t11-/m0/s1. The number of carbonyl (C=O) groups is 2. The zero-order chi connectivity index (χ0) is 13.5. The van der Waals surface area contributed by atoms with Crippen molar-refractivity contribution in [2.75, 3.05) is 13.2 Å². The quantitative estimate of drug-likeness (QED) is 0.612. The van der Waals surface area contributed by atoms with Crippen LogP contribution in [0.3, 0.4) is 0 Å². The molecular formula is C13H23NO4. The second-order valence-corrected chi connectivity index (χ2v) is 5.36. The zero-order valence-electron chi connectivity index (χ0n) is 11.1. The van der Waals surface area contributed by atoms with Gasteiger partial charge in [-0.15, -0.1) is 0 Å². The lowest BCUT2D eigenvalue weighted by Gasteiger charge is -2.16. The van der Waals surface area contributed by atoms with Gasteiger partial charge in [-0.05, 0) is 31.1 Å². The number of carbonyl (C=O) groups excluding carboxylic acids is 1. The van der Waals surface area contributed by atoms with E-state index in [0.29, 0.717) is 18.9 Å². The van der Waals surface area contributed by atoms with E-state index in [1.807, 2.05) is 13.8 Å². The molecule has 0 spiro atoms. The average Bonchev–Trinajstić information content (AvgIpc) is 3.06. The molecule has 1 rings (SSSR count). The molecule has 5 nitrogen and oxygen atoms in total.